The second kappa shape index (κ2) is 6.32. The summed E-state index contributed by atoms with van der Waals surface area (Å²) in [5.41, 5.74) is -0.0321. The van der Waals surface area contributed by atoms with Crippen molar-refractivity contribution < 1.29 is 23.8 Å². The molecular weight excluding hydrogens is 333 g/mol. The van der Waals surface area contributed by atoms with Gasteiger partial charge in [0.1, 0.15) is 5.82 Å². The fourth-order valence-corrected chi connectivity index (χ4v) is 2.41. The highest BCUT2D eigenvalue weighted by Crippen LogP contribution is 2.19. The van der Waals surface area contributed by atoms with E-state index in [2.05, 4.69) is 15.9 Å². The van der Waals surface area contributed by atoms with E-state index in [1.165, 1.54) is 23.1 Å². The van der Waals surface area contributed by atoms with Gasteiger partial charge in [0.25, 0.3) is 5.91 Å². The lowest BCUT2D eigenvalue weighted by molar-refractivity contribution is -0.141. The van der Waals surface area contributed by atoms with Crippen molar-refractivity contribution >= 4 is 27.8 Å². The largest absolute Gasteiger partial charge is 0.481 e. The van der Waals surface area contributed by atoms with Crippen LogP contribution in [0.2, 0.25) is 0 Å². The van der Waals surface area contributed by atoms with Crippen molar-refractivity contribution in [3.63, 3.8) is 0 Å². The highest BCUT2D eigenvalue weighted by Gasteiger charge is 2.27. The third kappa shape index (κ3) is 3.55. The molecule has 1 aliphatic rings. The lowest BCUT2D eigenvalue weighted by Gasteiger charge is -2.32. The number of morpholine rings is 1. The maximum absolute atomic E-state index is 13.7. The lowest BCUT2D eigenvalue weighted by Crippen LogP contribution is -2.46. The molecule has 1 saturated heterocycles. The standard InChI is InChI=1S/C13H13BrFNO4/c14-8-1-2-11(15)10(5-8)13(19)16-3-4-20-9(7-16)6-12(17)18/h1-2,5,9H,3-4,6-7H2,(H,17,18)/t9-/m1/s1. The molecule has 20 heavy (non-hydrogen) atoms. The molecule has 108 valence electrons. The predicted molar refractivity (Wildman–Crippen MR) is 72.0 cm³/mol. The number of ether oxygens (including phenoxy) is 1. The van der Waals surface area contributed by atoms with Gasteiger partial charge in [-0.1, -0.05) is 15.9 Å². The number of halogens is 2. The molecule has 5 nitrogen and oxygen atoms in total. The van der Waals surface area contributed by atoms with Crippen LogP contribution in [0.15, 0.2) is 22.7 Å². The molecule has 0 radical (unpaired) electrons. The van der Waals surface area contributed by atoms with Crippen molar-refractivity contribution in [2.75, 3.05) is 19.7 Å². The summed E-state index contributed by atoms with van der Waals surface area (Å²) < 4.78 is 19.6. The Morgan fingerprint density at radius 3 is 2.95 bits per heavy atom. The van der Waals surface area contributed by atoms with Crippen LogP contribution in [0.25, 0.3) is 0 Å². The zero-order valence-corrected chi connectivity index (χ0v) is 12.1. The molecule has 7 heteroatoms. The van der Waals surface area contributed by atoms with Crippen LogP contribution in [-0.2, 0) is 9.53 Å². The fourth-order valence-electron chi connectivity index (χ4n) is 2.05. The van der Waals surface area contributed by atoms with Crippen LogP contribution in [0.3, 0.4) is 0 Å². The molecule has 1 aromatic carbocycles. The van der Waals surface area contributed by atoms with Crippen molar-refractivity contribution in [3.05, 3.63) is 34.1 Å². The number of carboxylic acid groups (broad SMARTS) is 1. The Hall–Kier alpha value is -1.47. The molecule has 1 N–H and O–H groups in total. The summed E-state index contributed by atoms with van der Waals surface area (Å²) in [5, 5.41) is 8.74. The number of rotatable bonds is 3. The summed E-state index contributed by atoms with van der Waals surface area (Å²) >= 11 is 3.19. The third-order valence-corrected chi connectivity index (χ3v) is 3.48. The first kappa shape index (κ1) is 14.9. The van der Waals surface area contributed by atoms with Gasteiger partial charge >= 0.3 is 5.97 Å². The monoisotopic (exact) mass is 345 g/mol. The van der Waals surface area contributed by atoms with E-state index in [9.17, 15) is 14.0 Å². The van der Waals surface area contributed by atoms with Crippen molar-refractivity contribution in [2.24, 2.45) is 0 Å². The predicted octanol–water partition coefficient (Wildman–Crippen LogP) is 1.90. The molecule has 0 bridgehead atoms. The van der Waals surface area contributed by atoms with E-state index in [0.29, 0.717) is 11.0 Å². The number of benzene rings is 1. The van der Waals surface area contributed by atoms with E-state index in [4.69, 9.17) is 9.84 Å². The molecule has 0 saturated carbocycles. The molecule has 1 amide bonds. The van der Waals surface area contributed by atoms with Crippen molar-refractivity contribution in [1.29, 1.82) is 0 Å². The molecule has 0 spiro atoms. The second-order valence-electron chi connectivity index (χ2n) is 4.47. The Morgan fingerprint density at radius 2 is 2.25 bits per heavy atom. The Labute approximate surface area is 123 Å². The molecule has 0 aromatic heterocycles. The molecule has 1 aromatic rings. The molecule has 1 atom stereocenters. The van der Waals surface area contributed by atoms with E-state index < -0.39 is 23.8 Å². The summed E-state index contributed by atoms with van der Waals surface area (Å²) in [7, 11) is 0. The van der Waals surface area contributed by atoms with Gasteiger partial charge in [-0.3, -0.25) is 9.59 Å². The van der Waals surface area contributed by atoms with Crippen molar-refractivity contribution in [3.8, 4) is 0 Å². The number of carboxylic acids is 1. The lowest BCUT2D eigenvalue weighted by atomic mass is 10.1. The zero-order chi connectivity index (χ0) is 14.7. The summed E-state index contributed by atoms with van der Waals surface area (Å²) in [5.74, 6) is -2.04. The molecular formula is C13H13BrFNO4. The van der Waals surface area contributed by atoms with Crippen LogP contribution in [0.4, 0.5) is 4.39 Å². The average Bonchev–Trinajstić information content (AvgIpc) is 2.40. The minimum absolute atomic E-state index is 0.0321. The van der Waals surface area contributed by atoms with E-state index in [0.717, 1.165) is 0 Å². The van der Waals surface area contributed by atoms with Crippen molar-refractivity contribution in [1.82, 2.24) is 4.90 Å². The SMILES string of the molecule is O=C(O)C[C@@H]1CN(C(=O)c2cc(Br)ccc2F)CCO1. The summed E-state index contributed by atoms with van der Waals surface area (Å²) in [6.45, 7) is 0.720. The van der Waals surface area contributed by atoms with Crippen molar-refractivity contribution in [2.45, 2.75) is 12.5 Å². The molecule has 1 aliphatic heterocycles. The first-order valence-corrected chi connectivity index (χ1v) is 6.84. The van der Waals surface area contributed by atoms with Crippen LogP contribution in [0, 0.1) is 5.82 Å². The Kier molecular flexibility index (Phi) is 4.72. The van der Waals surface area contributed by atoms with E-state index in [1.807, 2.05) is 0 Å². The second-order valence-corrected chi connectivity index (χ2v) is 5.38. The minimum atomic E-state index is -0.988. The molecule has 2 rings (SSSR count). The number of nitrogens with zero attached hydrogens (tertiary/aromatic N) is 1. The van der Waals surface area contributed by atoms with Crippen LogP contribution in [0.5, 0.6) is 0 Å². The molecule has 0 aliphatic carbocycles. The maximum Gasteiger partial charge on any atom is 0.306 e. The first-order chi connectivity index (χ1) is 9.47. The van der Waals surface area contributed by atoms with Gasteiger partial charge in [0.15, 0.2) is 0 Å². The van der Waals surface area contributed by atoms with Gasteiger partial charge in [-0.2, -0.15) is 0 Å². The van der Waals surface area contributed by atoms with Gasteiger partial charge in [-0.25, -0.2) is 4.39 Å². The third-order valence-electron chi connectivity index (χ3n) is 2.99. The molecule has 1 fully saturated rings. The van der Waals surface area contributed by atoms with Gasteiger partial charge in [0.05, 0.1) is 24.7 Å². The summed E-state index contributed by atoms with van der Waals surface area (Å²) in [4.78, 5) is 24.3. The molecule has 1 heterocycles. The quantitative estimate of drug-likeness (QED) is 0.908. The highest BCUT2D eigenvalue weighted by molar-refractivity contribution is 9.10. The van der Waals surface area contributed by atoms with Crippen LogP contribution in [0.1, 0.15) is 16.8 Å². The van der Waals surface area contributed by atoms with Gasteiger partial charge < -0.3 is 14.7 Å². The number of carbonyl (C=O) groups excluding carboxylic acids is 1. The highest BCUT2D eigenvalue weighted by atomic mass is 79.9. The zero-order valence-electron chi connectivity index (χ0n) is 10.5. The summed E-state index contributed by atoms with van der Waals surface area (Å²) in [6, 6.07) is 4.14. The number of hydrogen-bond donors (Lipinski definition) is 1. The Bertz CT molecular complexity index is 537. The van der Waals surface area contributed by atoms with Crippen LogP contribution >= 0.6 is 15.9 Å². The first-order valence-electron chi connectivity index (χ1n) is 6.05. The number of hydrogen-bond acceptors (Lipinski definition) is 3. The van der Waals surface area contributed by atoms with Gasteiger partial charge in [-0.05, 0) is 18.2 Å². The smallest absolute Gasteiger partial charge is 0.306 e. The van der Waals surface area contributed by atoms with Gasteiger partial charge in [-0.15, -0.1) is 0 Å². The van der Waals surface area contributed by atoms with E-state index >= 15 is 0 Å². The van der Waals surface area contributed by atoms with Crippen LogP contribution in [-0.4, -0.2) is 47.7 Å². The average molecular weight is 346 g/mol. The number of carbonyl (C=O) groups is 2. The van der Waals surface area contributed by atoms with Gasteiger partial charge in [0.2, 0.25) is 0 Å². The normalized spacial score (nSPS) is 18.9. The molecule has 0 unspecified atom stereocenters. The number of amides is 1. The van der Waals surface area contributed by atoms with E-state index in [-0.39, 0.29) is 25.1 Å². The van der Waals surface area contributed by atoms with Gasteiger partial charge in [0, 0.05) is 17.6 Å². The van der Waals surface area contributed by atoms with E-state index in [1.54, 1.807) is 0 Å². The fraction of sp³-hybridized carbons (Fsp3) is 0.385. The Balaban J connectivity index is 2.12. The topological polar surface area (TPSA) is 66.8 Å². The summed E-state index contributed by atoms with van der Waals surface area (Å²) in [6.07, 6.45) is -0.731. The minimum Gasteiger partial charge on any atom is -0.481 e. The Morgan fingerprint density at radius 1 is 1.50 bits per heavy atom. The maximum atomic E-state index is 13.7. The number of aliphatic carboxylic acids is 1. The van der Waals surface area contributed by atoms with Crippen LogP contribution < -0.4 is 0 Å².